The number of benzene rings is 1. The Balaban J connectivity index is 1.64. The minimum atomic E-state index is -3.06. The fourth-order valence-electron chi connectivity index (χ4n) is 3.35. The van der Waals surface area contributed by atoms with Crippen molar-refractivity contribution in [1.29, 1.82) is 0 Å². The minimum absolute atomic E-state index is 0.107. The highest BCUT2D eigenvalue weighted by atomic mass is 32.2. The molecule has 4 nitrogen and oxygen atoms in total. The zero-order valence-electron chi connectivity index (χ0n) is 13.5. The van der Waals surface area contributed by atoms with E-state index in [-0.39, 0.29) is 11.3 Å². The van der Waals surface area contributed by atoms with Gasteiger partial charge in [-0.15, -0.1) is 0 Å². The molecule has 1 unspecified atom stereocenters. The van der Waals surface area contributed by atoms with E-state index < -0.39 is 10.0 Å². The van der Waals surface area contributed by atoms with Gasteiger partial charge in [-0.2, -0.15) is 0 Å². The van der Waals surface area contributed by atoms with Crippen LogP contribution in [0.3, 0.4) is 0 Å². The topological polar surface area (TPSA) is 40.6 Å². The number of hydrogen-bond donors (Lipinski definition) is 0. The van der Waals surface area contributed by atoms with Gasteiger partial charge < -0.3 is 0 Å². The van der Waals surface area contributed by atoms with Crippen molar-refractivity contribution < 1.29 is 8.42 Å². The molecule has 122 valence electrons. The van der Waals surface area contributed by atoms with Gasteiger partial charge in [0.05, 0.1) is 5.25 Å². The van der Waals surface area contributed by atoms with Gasteiger partial charge in [0.15, 0.2) is 0 Å². The number of likely N-dealkylation sites (tertiary alicyclic amines) is 1. The summed E-state index contributed by atoms with van der Waals surface area (Å²) in [4.78, 5) is 2.39. The van der Waals surface area contributed by atoms with Gasteiger partial charge in [0.1, 0.15) is 0 Å². The molecule has 5 heteroatoms. The first kappa shape index (κ1) is 16.0. The molecule has 0 N–H and O–H groups in total. The largest absolute Gasteiger partial charge is 0.297 e. The molecule has 0 spiro atoms. The molecular formula is C17H26N2O2S. The summed E-state index contributed by atoms with van der Waals surface area (Å²) in [6.45, 7) is 4.92. The van der Waals surface area contributed by atoms with E-state index in [1.807, 2.05) is 0 Å². The Morgan fingerprint density at radius 3 is 2.73 bits per heavy atom. The summed E-state index contributed by atoms with van der Waals surface area (Å²) in [6.07, 6.45) is 3.73. The fourth-order valence-corrected chi connectivity index (χ4v) is 5.14. The van der Waals surface area contributed by atoms with E-state index in [0.717, 1.165) is 45.3 Å². The van der Waals surface area contributed by atoms with Crippen LogP contribution in [0, 0.1) is 6.92 Å². The van der Waals surface area contributed by atoms with Crippen molar-refractivity contribution in [2.45, 2.75) is 50.4 Å². The van der Waals surface area contributed by atoms with E-state index >= 15 is 0 Å². The predicted octanol–water partition coefficient (Wildman–Crippen LogP) is 2.38. The second kappa shape index (κ2) is 6.30. The van der Waals surface area contributed by atoms with Crippen LogP contribution in [0.2, 0.25) is 0 Å². The molecule has 2 fully saturated rings. The van der Waals surface area contributed by atoms with Crippen molar-refractivity contribution in [3.8, 4) is 0 Å². The maximum absolute atomic E-state index is 12.4. The Labute approximate surface area is 134 Å². The number of hydrogen-bond acceptors (Lipinski definition) is 3. The lowest BCUT2D eigenvalue weighted by atomic mass is 10.0. The summed E-state index contributed by atoms with van der Waals surface area (Å²) in [5.74, 6) is 0. The van der Waals surface area contributed by atoms with E-state index in [1.54, 1.807) is 11.4 Å². The summed E-state index contributed by atoms with van der Waals surface area (Å²) in [5.41, 5.74) is 2.59. The summed E-state index contributed by atoms with van der Waals surface area (Å²) in [6, 6.07) is 8.70. The summed E-state index contributed by atoms with van der Waals surface area (Å²) in [7, 11) is -1.29. The van der Waals surface area contributed by atoms with Crippen molar-refractivity contribution in [2.24, 2.45) is 0 Å². The van der Waals surface area contributed by atoms with Crippen LogP contribution in [0.5, 0.6) is 0 Å². The number of aryl methyl sites for hydroxylation is 1. The standard InChI is InChI=1S/C17H26N2O2S/c1-14-5-3-6-15(11-14)12-19-10-4-7-16(13-19)18(2)22(20,21)17-8-9-17/h3,5-6,11,16-17H,4,7-10,12-13H2,1-2H3. The Morgan fingerprint density at radius 2 is 2.05 bits per heavy atom. The molecule has 1 aliphatic carbocycles. The zero-order valence-corrected chi connectivity index (χ0v) is 14.3. The van der Waals surface area contributed by atoms with Gasteiger partial charge in [0.25, 0.3) is 0 Å². The SMILES string of the molecule is Cc1cccc(CN2CCCC(N(C)S(=O)(=O)C3CC3)C2)c1. The summed E-state index contributed by atoms with van der Waals surface area (Å²) < 4.78 is 26.5. The second-order valence-electron chi connectivity index (χ2n) is 6.78. The van der Waals surface area contributed by atoms with Crippen LogP contribution in [0.1, 0.15) is 36.8 Å². The van der Waals surface area contributed by atoms with E-state index in [4.69, 9.17) is 0 Å². The van der Waals surface area contributed by atoms with E-state index in [0.29, 0.717) is 0 Å². The smallest absolute Gasteiger partial charge is 0.217 e. The molecule has 1 aliphatic heterocycles. The van der Waals surface area contributed by atoms with Crippen molar-refractivity contribution in [3.05, 3.63) is 35.4 Å². The molecule has 1 heterocycles. The van der Waals surface area contributed by atoms with Crippen LogP contribution < -0.4 is 0 Å². The molecular weight excluding hydrogens is 296 g/mol. The third kappa shape index (κ3) is 3.53. The number of piperidine rings is 1. The van der Waals surface area contributed by atoms with Crippen molar-refractivity contribution >= 4 is 10.0 Å². The maximum atomic E-state index is 12.4. The molecule has 1 atom stereocenters. The van der Waals surface area contributed by atoms with Gasteiger partial charge in [-0.25, -0.2) is 12.7 Å². The summed E-state index contributed by atoms with van der Waals surface area (Å²) in [5, 5.41) is -0.107. The van der Waals surface area contributed by atoms with Gasteiger partial charge in [-0.1, -0.05) is 29.8 Å². The molecule has 0 aromatic heterocycles. The van der Waals surface area contributed by atoms with Crippen LogP contribution in [0.15, 0.2) is 24.3 Å². The van der Waals surface area contributed by atoms with Gasteiger partial charge >= 0.3 is 0 Å². The maximum Gasteiger partial charge on any atom is 0.217 e. The fraction of sp³-hybridized carbons (Fsp3) is 0.647. The highest BCUT2D eigenvalue weighted by Crippen LogP contribution is 2.32. The second-order valence-corrected chi connectivity index (χ2v) is 9.05. The average molecular weight is 322 g/mol. The highest BCUT2D eigenvalue weighted by molar-refractivity contribution is 7.90. The van der Waals surface area contributed by atoms with Crippen molar-refractivity contribution in [2.75, 3.05) is 20.1 Å². The lowest BCUT2D eigenvalue weighted by Crippen LogP contribution is -2.49. The molecule has 1 aromatic rings. The first-order valence-corrected chi connectivity index (χ1v) is 9.72. The Hall–Kier alpha value is -0.910. The van der Waals surface area contributed by atoms with Crippen LogP contribution in [-0.4, -0.2) is 49.1 Å². The van der Waals surface area contributed by atoms with Gasteiger partial charge in [0.2, 0.25) is 10.0 Å². The lowest BCUT2D eigenvalue weighted by molar-refractivity contribution is 0.153. The molecule has 2 aliphatic rings. The normalized spacial score (nSPS) is 23.9. The first-order valence-electron chi connectivity index (χ1n) is 8.21. The molecule has 0 bridgehead atoms. The number of sulfonamides is 1. The third-order valence-corrected chi connectivity index (χ3v) is 7.25. The Kier molecular flexibility index (Phi) is 4.57. The predicted molar refractivity (Wildman–Crippen MR) is 89.2 cm³/mol. The molecule has 1 aromatic carbocycles. The quantitative estimate of drug-likeness (QED) is 0.836. The monoisotopic (exact) mass is 322 g/mol. The molecule has 1 saturated heterocycles. The molecule has 0 radical (unpaired) electrons. The van der Waals surface area contributed by atoms with E-state index in [2.05, 4.69) is 36.1 Å². The Morgan fingerprint density at radius 1 is 1.27 bits per heavy atom. The minimum Gasteiger partial charge on any atom is -0.297 e. The average Bonchev–Trinajstić information content (AvgIpc) is 3.32. The molecule has 3 rings (SSSR count). The zero-order chi connectivity index (χ0) is 15.7. The number of likely N-dealkylation sites (N-methyl/N-ethyl adjacent to an activating group) is 1. The first-order chi connectivity index (χ1) is 10.5. The van der Waals surface area contributed by atoms with Crippen molar-refractivity contribution in [3.63, 3.8) is 0 Å². The summed E-state index contributed by atoms with van der Waals surface area (Å²) >= 11 is 0. The van der Waals surface area contributed by atoms with E-state index in [9.17, 15) is 8.42 Å². The van der Waals surface area contributed by atoms with Crippen LogP contribution in [0.25, 0.3) is 0 Å². The van der Waals surface area contributed by atoms with Gasteiger partial charge in [0, 0.05) is 26.2 Å². The van der Waals surface area contributed by atoms with Gasteiger partial charge in [-0.05, 0) is 44.7 Å². The lowest BCUT2D eigenvalue weighted by Gasteiger charge is -2.37. The van der Waals surface area contributed by atoms with E-state index in [1.165, 1.54) is 11.1 Å². The molecule has 0 amide bonds. The van der Waals surface area contributed by atoms with Crippen LogP contribution in [0.4, 0.5) is 0 Å². The van der Waals surface area contributed by atoms with Gasteiger partial charge in [-0.3, -0.25) is 4.90 Å². The van der Waals surface area contributed by atoms with Crippen LogP contribution >= 0.6 is 0 Å². The molecule has 1 saturated carbocycles. The number of nitrogens with zero attached hydrogens (tertiary/aromatic N) is 2. The Bertz CT molecular complexity index is 625. The van der Waals surface area contributed by atoms with Crippen molar-refractivity contribution in [1.82, 2.24) is 9.21 Å². The van der Waals surface area contributed by atoms with Crippen LogP contribution in [-0.2, 0) is 16.6 Å². The number of rotatable bonds is 5. The highest BCUT2D eigenvalue weighted by Gasteiger charge is 2.41. The third-order valence-electron chi connectivity index (χ3n) is 4.83. The molecule has 22 heavy (non-hydrogen) atoms.